The Balaban J connectivity index is 2.06. The summed E-state index contributed by atoms with van der Waals surface area (Å²) >= 11 is 5.98. The summed E-state index contributed by atoms with van der Waals surface area (Å²) < 4.78 is 0. The minimum absolute atomic E-state index is 0.225. The van der Waals surface area contributed by atoms with E-state index in [2.05, 4.69) is 15.3 Å². The lowest BCUT2D eigenvalue weighted by atomic mass is 9.97. The topological polar surface area (TPSA) is 58.0 Å². The lowest BCUT2D eigenvalue weighted by molar-refractivity contribution is 0.475. The molecule has 1 aliphatic carbocycles. The molecule has 19 heavy (non-hydrogen) atoms. The van der Waals surface area contributed by atoms with Crippen molar-refractivity contribution in [2.45, 2.75) is 18.8 Å². The summed E-state index contributed by atoms with van der Waals surface area (Å²) in [6.45, 7) is 0. The number of halogens is 1. The Kier molecular flexibility index (Phi) is 3.03. The van der Waals surface area contributed by atoms with Gasteiger partial charge < -0.3 is 10.4 Å². The number of benzene rings is 1. The van der Waals surface area contributed by atoms with Crippen LogP contribution in [0.5, 0.6) is 5.75 Å². The average Bonchev–Trinajstić information content (AvgIpc) is 2.82. The van der Waals surface area contributed by atoms with Crippen LogP contribution in [-0.2, 0) is 6.42 Å². The molecular weight excluding hydrogens is 262 g/mol. The monoisotopic (exact) mass is 275 g/mol. The Morgan fingerprint density at radius 2 is 2.00 bits per heavy atom. The van der Waals surface area contributed by atoms with E-state index in [4.69, 9.17) is 11.6 Å². The summed E-state index contributed by atoms with van der Waals surface area (Å²) in [5, 5.41) is 12.7. The maximum atomic E-state index is 9.36. The minimum atomic E-state index is 0.225. The highest BCUT2D eigenvalue weighted by atomic mass is 35.5. The second-order valence-corrected chi connectivity index (χ2v) is 4.98. The van der Waals surface area contributed by atoms with Gasteiger partial charge >= 0.3 is 0 Å². The van der Waals surface area contributed by atoms with Crippen LogP contribution >= 0.6 is 11.6 Å². The molecule has 1 heterocycles. The standard InChI is InChI=1S/C14H14ClN3O/c1-16-13-11-7-6-10(12(11)17-14(15)18-13)8-2-4-9(19)5-3-8/h2-5,10,19H,6-7H2,1H3,(H,16,17,18). The van der Waals surface area contributed by atoms with Crippen LogP contribution in [0.1, 0.15) is 29.2 Å². The maximum Gasteiger partial charge on any atom is 0.224 e. The number of aromatic hydroxyl groups is 1. The Hall–Kier alpha value is -1.81. The maximum absolute atomic E-state index is 9.36. The molecule has 0 saturated heterocycles. The van der Waals surface area contributed by atoms with Crippen molar-refractivity contribution < 1.29 is 5.11 Å². The molecule has 1 aromatic carbocycles. The largest absolute Gasteiger partial charge is 0.508 e. The van der Waals surface area contributed by atoms with Gasteiger partial charge in [0.05, 0.1) is 5.69 Å². The molecule has 1 aliphatic rings. The number of nitrogens with one attached hydrogen (secondary N) is 1. The lowest BCUT2D eigenvalue weighted by Gasteiger charge is -2.12. The Morgan fingerprint density at radius 3 is 2.68 bits per heavy atom. The summed E-state index contributed by atoms with van der Waals surface area (Å²) in [6.07, 6.45) is 1.93. The van der Waals surface area contributed by atoms with Gasteiger partial charge in [0.25, 0.3) is 0 Å². The van der Waals surface area contributed by atoms with Crippen molar-refractivity contribution in [1.29, 1.82) is 0 Å². The molecule has 1 atom stereocenters. The zero-order valence-corrected chi connectivity index (χ0v) is 11.3. The molecule has 0 fully saturated rings. The number of fused-ring (bicyclic) bond motifs is 1. The molecule has 0 amide bonds. The van der Waals surface area contributed by atoms with Gasteiger partial charge in [0, 0.05) is 18.5 Å². The molecule has 5 heteroatoms. The summed E-state index contributed by atoms with van der Waals surface area (Å²) in [6, 6.07) is 7.28. The first-order valence-corrected chi connectivity index (χ1v) is 6.60. The fourth-order valence-corrected chi connectivity index (χ4v) is 2.85. The first-order chi connectivity index (χ1) is 9.19. The second-order valence-electron chi connectivity index (χ2n) is 4.64. The zero-order chi connectivity index (χ0) is 13.4. The van der Waals surface area contributed by atoms with Gasteiger partial charge in [-0.05, 0) is 42.1 Å². The van der Waals surface area contributed by atoms with Crippen LogP contribution in [-0.4, -0.2) is 22.1 Å². The molecule has 0 saturated carbocycles. The first kappa shape index (κ1) is 12.2. The van der Waals surface area contributed by atoms with Gasteiger partial charge in [-0.15, -0.1) is 0 Å². The molecular formula is C14H14ClN3O. The van der Waals surface area contributed by atoms with E-state index in [0.717, 1.165) is 35.5 Å². The molecule has 0 radical (unpaired) electrons. The Labute approximate surface area is 116 Å². The first-order valence-electron chi connectivity index (χ1n) is 6.22. The average molecular weight is 276 g/mol. The van der Waals surface area contributed by atoms with Gasteiger partial charge in [-0.2, -0.15) is 0 Å². The molecule has 3 rings (SSSR count). The van der Waals surface area contributed by atoms with Crippen molar-refractivity contribution in [3.8, 4) is 5.75 Å². The smallest absolute Gasteiger partial charge is 0.224 e. The van der Waals surface area contributed by atoms with Crippen LogP contribution < -0.4 is 5.32 Å². The highest BCUT2D eigenvalue weighted by Gasteiger charge is 2.28. The van der Waals surface area contributed by atoms with Gasteiger partial charge in [0.2, 0.25) is 5.28 Å². The number of anilines is 1. The third-order valence-corrected chi connectivity index (χ3v) is 3.73. The van der Waals surface area contributed by atoms with Crippen LogP contribution in [0.3, 0.4) is 0 Å². The zero-order valence-electron chi connectivity index (χ0n) is 10.5. The van der Waals surface area contributed by atoms with Gasteiger partial charge in [-0.3, -0.25) is 0 Å². The molecule has 1 aromatic heterocycles. The highest BCUT2D eigenvalue weighted by molar-refractivity contribution is 6.28. The molecule has 2 N–H and O–H groups in total. The molecule has 4 nitrogen and oxygen atoms in total. The molecule has 0 spiro atoms. The van der Waals surface area contributed by atoms with Crippen LogP contribution in [0.4, 0.5) is 5.82 Å². The lowest BCUT2D eigenvalue weighted by Crippen LogP contribution is -2.04. The van der Waals surface area contributed by atoms with Crippen molar-refractivity contribution in [3.63, 3.8) is 0 Å². The fraction of sp³-hybridized carbons (Fsp3) is 0.286. The predicted octanol–water partition coefficient (Wildman–Crippen LogP) is 2.96. The third-order valence-electron chi connectivity index (χ3n) is 3.56. The number of phenolic OH excluding ortho intramolecular Hbond substituents is 1. The second kappa shape index (κ2) is 4.70. The van der Waals surface area contributed by atoms with Crippen molar-refractivity contribution in [2.24, 2.45) is 0 Å². The Morgan fingerprint density at radius 1 is 1.26 bits per heavy atom. The summed E-state index contributed by atoms with van der Waals surface area (Å²) in [5.41, 5.74) is 3.29. The van der Waals surface area contributed by atoms with Crippen molar-refractivity contribution in [2.75, 3.05) is 12.4 Å². The van der Waals surface area contributed by atoms with Crippen LogP contribution in [0.25, 0.3) is 0 Å². The summed E-state index contributed by atoms with van der Waals surface area (Å²) in [5.74, 6) is 1.32. The molecule has 0 aliphatic heterocycles. The van der Waals surface area contributed by atoms with E-state index in [9.17, 15) is 5.11 Å². The Bertz CT molecular complexity index is 613. The number of hydrogen-bond donors (Lipinski definition) is 2. The quantitative estimate of drug-likeness (QED) is 0.828. The normalized spacial score (nSPS) is 17.3. The molecule has 1 unspecified atom stereocenters. The van der Waals surface area contributed by atoms with E-state index in [1.165, 1.54) is 0 Å². The highest BCUT2D eigenvalue weighted by Crippen LogP contribution is 2.40. The van der Waals surface area contributed by atoms with Crippen molar-refractivity contribution in [1.82, 2.24) is 9.97 Å². The molecule has 0 bridgehead atoms. The molecule has 98 valence electrons. The van der Waals surface area contributed by atoms with Crippen molar-refractivity contribution >= 4 is 17.4 Å². The fourth-order valence-electron chi connectivity index (χ4n) is 2.67. The minimum Gasteiger partial charge on any atom is -0.508 e. The van der Waals surface area contributed by atoms with Gasteiger partial charge in [0.15, 0.2) is 0 Å². The number of aromatic nitrogens is 2. The summed E-state index contributed by atoms with van der Waals surface area (Å²) in [7, 11) is 1.84. The van der Waals surface area contributed by atoms with Crippen LogP contribution in [0.15, 0.2) is 24.3 Å². The van der Waals surface area contributed by atoms with E-state index in [1.54, 1.807) is 12.1 Å². The third kappa shape index (κ3) is 2.12. The van der Waals surface area contributed by atoms with Gasteiger partial charge in [-0.25, -0.2) is 9.97 Å². The summed E-state index contributed by atoms with van der Waals surface area (Å²) in [4.78, 5) is 8.60. The van der Waals surface area contributed by atoms with E-state index in [-0.39, 0.29) is 17.0 Å². The van der Waals surface area contributed by atoms with Crippen LogP contribution in [0, 0.1) is 0 Å². The number of rotatable bonds is 2. The van der Waals surface area contributed by atoms with E-state index >= 15 is 0 Å². The van der Waals surface area contributed by atoms with E-state index < -0.39 is 0 Å². The number of hydrogen-bond acceptors (Lipinski definition) is 4. The number of nitrogens with zero attached hydrogens (tertiary/aromatic N) is 2. The van der Waals surface area contributed by atoms with Crippen molar-refractivity contribution in [3.05, 3.63) is 46.4 Å². The van der Waals surface area contributed by atoms with E-state index in [0.29, 0.717) is 0 Å². The number of phenols is 1. The van der Waals surface area contributed by atoms with Gasteiger partial charge in [-0.1, -0.05) is 12.1 Å². The molecule has 2 aromatic rings. The van der Waals surface area contributed by atoms with Crippen LogP contribution in [0.2, 0.25) is 5.28 Å². The van der Waals surface area contributed by atoms with E-state index in [1.807, 2.05) is 19.2 Å². The van der Waals surface area contributed by atoms with Gasteiger partial charge in [0.1, 0.15) is 11.6 Å². The predicted molar refractivity (Wildman–Crippen MR) is 74.9 cm³/mol. The SMILES string of the molecule is CNc1nc(Cl)nc2c1CCC2c1ccc(O)cc1.